The van der Waals surface area contributed by atoms with Gasteiger partial charge in [0, 0.05) is 5.57 Å². The van der Waals surface area contributed by atoms with E-state index in [4.69, 9.17) is 14.6 Å². The smallest absolute Gasteiger partial charge is 0.330 e. The molecule has 0 aromatic heterocycles. The topological polar surface area (TPSA) is 137 Å². The van der Waals surface area contributed by atoms with Crippen molar-refractivity contribution in [2.45, 2.75) is 82.8 Å². The van der Waals surface area contributed by atoms with Gasteiger partial charge in [-0.05, 0) is 46.5 Å². The first-order valence-corrected chi connectivity index (χ1v) is 9.72. The molecule has 29 heavy (non-hydrogen) atoms. The third-order valence-corrected chi connectivity index (χ3v) is 5.13. The van der Waals surface area contributed by atoms with E-state index < -0.39 is 48.9 Å². The molecule has 1 aliphatic heterocycles. The van der Waals surface area contributed by atoms with Gasteiger partial charge in [0.15, 0.2) is 6.29 Å². The minimum atomic E-state index is -1.50. The first kappa shape index (κ1) is 25.5. The van der Waals surface area contributed by atoms with E-state index in [9.17, 15) is 25.2 Å². The Labute approximate surface area is 171 Å². The molecule has 8 heteroatoms. The lowest BCUT2D eigenvalue weighted by molar-refractivity contribution is -0.319. The highest BCUT2D eigenvalue weighted by Crippen LogP contribution is 2.29. The van der Waals surface area contributed by atoms with Crippen LogP contribution in [0.2, 0.25) is 0 Å². The molecule has 6 atom stereocenters. The molecule has 0 amide bonds. The molecule has 0 bridgehead atoms. The lowest BCUT2D eigenvalue weighted by Crippen LogP contribution is -2.60. The van der Waals surface area contributed by atoms with E-state index in [1.807, 2.05) is 13.0 Å². The highest BCUT2D eigenvalue weighted by molar-refractivity contribution is 5.85. The van der Waals surface area contributed by atoms with Crippen LogP contribution in [0.25, 0.3) is 0 Å². The lowest BCUT2D eigenvalue weighted by Gasteiger charge is -2.42. The fraction of sp³-hybridized carbons (Fsp3) is 0.667. The summed E-state index contributed by atoms with van der Waals surface area (Å²) in [5.41, 5.74) is 0.563. The zero-order valence-corrected chi connectivity index (χ0v) is 17.3. The van der Waals surface area contributed by atoms with Gasteiger partial charge in [-0.3, -0.25) is 0 Å². The number of ether oxygens (including phenoxy) is 2. The average Bonchev–Trinajstić information content (AvgIpc) is 2.68. The second kappa shape index (κ2) is 11.6. The summed E-state index contributed by atoms with van der Waals surface area (Å²) in [6, 6.07) is 0. The molecule has 0 radical (unpaired) electrons. The summed E-state index contributed by atoms with van der Waals surface area (Å²) in [6.45, 7) is 8.55. The second-order valence-electron chi connectivity index (χ2n) is 7.65. The van der Waals surface area contributed by atoms with Gasteiger partial charge < -0.3 is 35.0 Å². The van der Waals surface area contributed by atoms with E-state index in [1.165, 1.54) is 0 Å². The van der Waals surface area contributed by atoms with Crippen molar-refractivity contribution in [1.29, 1.82) is 0 Å². The van der Waals surface area contributed by atoms with Gasteiger partial charge in [0.25, 0.3) is 0 Å². The third kappa shape index (κ3) is 7.65. The Bertz CT molecular complexity index is 612. The number of aliphatic carboxylic acids is 1. The first-order chi connectivity index (χ1) is 13.5. The van der Waals surface area contributed by atoms with Gasteiger partial charge in [-0.15, -0.1) is 6.58 Å². The number of aliphatic hydroxyl groups excluding tert-OH is 4. The molecule has 0 aromatic rings. The SMILES string of the molecule is C=C[C@](C)(CCC=C(C)CCC=C(C)C(=O)O)O[C@@H]1O[C@H](CO)[C@@H](O)[C@H](O)[C@H]1O. The molecule has 5 N–H and O–H groups in total. The molecule has 0 aliphatic carbocycles. The van der Waals surface area contributed by atoms with Crippen LogP contribution in [0.3, 0.4) is 0 Å². The van der Waals surface area contributed by atoms with Gasteiger partial charge in [-0.25, -0.2) is 4.79 Å². The van der Waals surface area contributed by atoms with Crippen molar-refractivity contribution in [2.24, 2.45) is 0 Å². The van der Waals surface area contributed by atoms with E-state index in [0.717, 1.165) is 12.0 Å². The normalized spacial score (nSPS) is 30.7. The van der Waals surface area contributed by atoms with Crippen LogP contribution >= 0.6 is 0 Å². The minimum absolute atomic E-state index is 0.324. The number of allylic oxidation sites excluding steroid dienone is 3. The van der Waals surface area contributed by atoms with Gasteiger partial charge >= 0.3 is 5.97 Å². The van der Waals surface area contributed by atoms with Crippen molar-refractivity contribution in [1.82, 2.24) is 0 Å². The van der Waals surface area contributed by atoms with Gasteiger partial charge in [-0.1, -0.05) is 23.8 Å². The van der Waals surface area contributed by atoms with Crippen molar-refractivity contribution < 1.29 is 39.8 Å². The fourth-order valence-electron chi connectivity index (χ4n) is 2.95. The molecular formula is C21H34O8. The van der Waals surface area contributed by atoms with Gasteiger partial charge in [0.2, 0.25) is 0 Å². The number of carboxylic acids is 1. The van der Waals surface area contributed by atoms with Crippen LogP contribution in [0, 0.1) is 0 Å². The summed E-state index contributed by atoms with van der Waals surface area (Å²) in [4.78, 5) is 10.8. The molecule has 0 saturated carbocycles. The van der Waals surface area contributed by atoms with E-state index in [0.29, 0.717) is 24.8 Å². The molecule has 166 valence electrons. The molecule has 1 rings (SSSR count). The highest BCUT2D eigenvalue weighted by Gasteiger charge is 2.45. The van der Waals surface area contributed by atoms with Crippen LogP contribution in [-0.2, 0) is 14.3 Å². The van der Waals surface area contributed by atoms with Crippen LogP contribution in [0.4, 0.5) is 0 Å². The zero-order valence-electron chi connectivity index (χ0n) is 17.3. The second-order valence-corrected chi connectivity index (χ2v) is 7.65. The minimum Gasteiger partial charge on any atom is -0.478 e. The molecule has 0 unspecified atom stereocenters. The number of hydrogen-bond acceptors (Lipinski definition) is 7. The number of carbonyl (C=O) groups is 1. The van der Waals surface area contributed by atoms with Crippen LogP contribution in [-0.4, -0.2) is 74.4 Å². The largest absolute Gasteiger partial charge is 0.478 e. The number of aliphatic hydroxyl groups is 4. The predicted molar refractivity (Wildman–Crippen MR) is 107 cm³/mol. The predicted octanol–water partition coefficient (Wildman–Crippen LogP) is 1.29. The highest BCUT2D eigenvalue weighted by atomic mass is 16.7. The molecule has 1 heterocycles. The maximum Gasteiger partial charge on any atom is 0.330 e. The van der Waals surface area contributed by atoms with Crippen molar-refractivity contribution in [2.75, 3.05) is 6.61 Å². The van der Waals surface area contributed by atoms with Crippen LogP contribution in [0.1, 0.15) is 46.5 Å². The fourth-order valence-corrected chi connectivity index (χ4v) is 2.95. The summed E-state index contributed by atoms with van der Waals surface area (Å²) < 4.78 is 11.2. The molecule has 0 spiro atoms. The molecule has 1 saturated heterocycles. The standard InChI is InChI=1S/C21H34O8/c1-5-21(4,11-7-9-13(2)8-6-10-14(3)19(26)27)29-20-18(25)17(24)16(23)15(12-22)28-20/h5,9-10,15-18,20,22-25H,1,6-8,11-12H2,2-4H3,(H,26,27)/t15-,16-,17+,18-,20+,21-/m1/s1. The van der Waals surface area contributed by atoms with E-state index >= 15 is 0 Å². The molecular weight excluding hydrogens is 380 g/mol. The van der Waals surface area contributed by atoms with Crippen LogP contribution in [0.15, 0.2) is 36.0 Å². The number of rotatable bonds is 11. The van der Waals surface area contributed by atoms with Crippen LogP contribution in [0.5, 0.6) is 0 Å². The molecule has 1 fully saturated rings. The maximum absolute atomic E-state index is 10.8. The Morgan fingerprint density at radius 1 is 1.14 bits per heavy atom. The van der Waals surface area contributed by atoms with Crippen LogP contribution < -0.4 is 0 Å². The maximum atomic E-state index is 10.8. The van der Waals surface area contributed by atoms with Gasteiger partial charge in [0.05, 0.1) is 12.2 Å². The van der Waals surface area contributed by atoms with Gasteiger partial charge in [0.1, 0.15) is 24.4 Å². The Morgan fingerprint density at radius 3 is 2.34 bits per heavy atom. The van der Waals surface area contributed by atoms with Gasteiger partial charge in [-0.2, -0.15) is 0 Å². The molecule has 0 aromatic carbocycles. The quantitative estimate of drug-likeness (QED) is 0.252. The Morgan fingerprint density at radius 2 is 1.79 bits per heavy atom. The first-order valence-electron chi connectivity index (χ1n) is 9.72. The average molecular weight is 414 g/mol. The number of hydrogen-bond donors (Lipinski definition) is 5. The van der Waals surface area contributed by atoms with Crippen molar-refractivity contribution in [3.63, 3.8) is 0 Å². The van der Waals surface area contributed by atoms with E-state index in [2.05, 4.69) is 6.58 Å². The Hall–Kier alpha value is -1.55. The Balaban J connectivity index is 2.63. The van der Waals surface area contributed by atoms with Crippen molar-refractivity contribution >= 4 is 5.97 Å². The molecule has 8 nitrogen and oxygen atoms in total. The lowest BCUT2D eigenvalue weighted by atomic mass is 9.96. The van der Waals surface area contributed by atoms with E-state index in [1.54, 1.807) is 26.0 Å². The van der Waals surface area contributed by atoms with Crippen molar-refractivity contribution in [3.8, 4) is 0 Å². The van der Waals surface area contributed by atoms with E-state index in [-0.39, 0.29) is 0 Å². The third-order valence-electron chi connectivity index (χ3n) is 5.13. The summed E-state index contributed by atoms with van der Waals surface area (Å²) in [5, 5.41) is 48.0. The summed E-state index contributed by atoms with van der Waals surface area (Å²) >= 11 is 0. The summed E-state index contributed by atoms with van der Waals surface area (Å²) in [5.74, 6) is -0.918. The summed E-state index contributed by atoms with van der Waals surface area (Å²) in [7, 11) is 0. The summed E-state index contributed by atoms with van der Waals surface area (Å²) in [6.07, 6.45) is 1.20. The number of carboxylic acid groups (broad SMARTS) is 1. The van der Waals surface area contributed by atoms with Crippen molar-refractivity contribution in [3.05, 3.63) is 36.0 Å². The Kier molecular flexibility index (Phi) is 10.2. The zero-order chi connectivity index (χ0) is 22.2. The monoisotopic (exact) mass is 414 g/mol. The molecule has 1 aliphatic rings.